The van der Waals surface area contributed by atoms with Crippen LogP contribution >= 0.6 is 0 Å². The van der Waals surface area contributed by atoms with Crippen molar-refractivity contribution in [3.63, 3.8) is 0 Å². The molecule has 0 amide bonds. The van der Waals surface area contributed by atoms with Gasteiger partial charge in [-0.3, -0.25) is 0 Å². The van der Waals surface area contributed by atoms with Crippen LogP contribution in [0.15, 0.2) is 18.3 Å². The van der Waals surface area contributed by atoms with Gasteiger partial charge in [0, 0.05) is 25.8 Å². The van der Waals surface area contributed by atoms with E-state index in [0.717, 1.165) is 31.1 Å². The van der Waals surface area contributed by atoms with Crippen LogP contribution in [0.3, 0.4) is 0 Å². The Hall–Kier alpha value is -1.46. The molecular formula is C12H17N5. The molecule has 17 heavy (non-hydrogen) atoms. The molecule has 2 aromatic heterocycles. The molecule has 90 valence electrons. The first-order valence-corrected chi connectivity index (χ1v) is 5.97. The normalized spacial score (nSPS) is 22.1. The van der Waals surface area contributed by atoms with Crippen LogP contribution in [0.25, 0.3) is 5.65 Å². The fraction of sp³-hybridized carbons (Fsp3) is 0.500. The van der Waals surface area contributed by atoms with Crippen molar-refractivity contribution in [3.05, 3.63) is 29.7 Å². The molecule has 5 nitrogen and oxygen atoms in total. The van der Waals surface area contributed by atoms with Crippen LogP contribution < -0.4 is 5.32 Å². The van der Waals surface area contributed by atoms with Gasteiger partial charge < -0.3 is 10.2 Å². The highest BCUT2D eigenvalue weighted by Crippen LogP contribution is 2.14. The maximum atomic E-state index is 4.57. The summed E-state index contributed by atoms with van der Waals surface area (Å²) in [6.07, 6.45) is 2.01. The third-order valence-electron chi connectivity index (χ3n) is 3.19. The van der Waals surface area contributed by atoms with E-state index >= 15 is 0 Å². The van der Waals surface area contributed by atoms with E-state index in [1.165, 1.54) is 5.56 Å². The molecule has 3 heterocycles. The average molecular weight is 231 g/mol. The van der Waals surface area contributed by atoms with Crippen molar-refractivity contribution in [2.75, 3.05) is 26.7 Å². The maximum absolute atomic E-state index is 4.57. The maximum Gasteiger partial charge on any atom is 0.169 e. The van der Waals surface area contributed by atoms with Crippen LogP contribution in [-0.4, -0.2) is 46.2 Å². The SMILES string of the molecule is Cc1ccc2nc(C3CN(C)CCN3)nn2c1. The first-order valence-electron chi connectivity index (χ1n) is 5.97. The predicted molar refractivity (Wildman–Crippen MR) is 66.0 cm³/mol. The zero-order valence-corrected chi connectivity index (χ0v) is 10.2. The number of pyridine rings is 1. The summed E-state index contributed by atoms with van der Waals surface area (Å²) in [5.74, 6) is 0.891. The topological polar surface area (TPSA) is 45.5 Å². The molecule has 1 N–H and O–H groups in total. The summed E-state index contributed by atoms with van der Waals surface area (Å²) in [5.41, 5.74) is 2.11. The lowest BCUT2D eigenvalue weighted by atomic mass is 10.2. The van der Waals surface area contributed by atoms with Gasteiger partial charge in [-0.2, -0.15) is 0 Å². The third kappa shape index (κ3) is 2.03. The Kier molecular flexibility index (Phi) is 2.57. The van der Waals surface area contributed by atoms with Crippen molar-refractivity contribution in [1.29, 1.82) is 0 Å². The number of hydrogen-bond donors (Lipinski definition) is 1. The van der Waals surface area contributed by atoms with Crippen LogP contribution in [0.1, 0.15) is 17.4 Å². The number of rotatable bonds is 1. The number of nitrogens with zero attached hydrogens (tertiary/aromatic N) is 4. The van der Waals surface area contributed by atoms with E-state index in [-0.39, 0.29) is 6.04 Å². The summed E-state index contributed by atoms with van der Waals surface area (Å²) in [6.45, 7) is 5.11. The van der Waals surface area contributed by atoms with Crippen molar-refractivity contribution in [2.45, 2.75) is 13.0 Å². The predicted octanol–water partition coefficient (Wildman–Crippen LogP) is 0.614. The van der Waals surface area contributed by atoms with Gasteiger partial charge in [-0.15, -0.1) is 5.10 Å². The lowest BCUT2D eigenvalue weighted by Gasteiger charge is -2.28. The van der Waals surface area contributed by atoms with Gasteiger partial charge in [0.1, 0.15) is 0 Å². The Bertz CT molecular complexity index is 533. The van der Waals surface area contributed by atoms with Crippen molar-refractivity contribution >= 4 is 5.65 Å². The summed E-state index contributed by atoms with van der Waals surface area (Å²) in [4.78, 5) is 6.88. The summed E-state index contributed by atoms with van der Waals surface area (Å²) >= 11 is 0. The second kappa shape index (κ2) is 4.09. The van der Waals surface area contributed by atoms with E-state index in [0.29, 0.717) is 0 Å². The first-order chi connectivity index (χ1) is 8.22. The third-order valence-corrected chi connectivity index (χ3v) is 3.19. The fourth-order valence-electron chi connectivity index (χ4n) is 2.22. The van der Waals surface area contributed by atoms with Crippen molar-refractivity contribution in [1.82, 2.24) is 24.8 Å². The molecule has 1 unspecified atom stereocenters. The van der Waals surface area contributed by atoms with E-state index in [1.54, 1.807) is 0 Å². The summed E-state index contributed by atoms with van der Waals surface area (Å²) < 4.78 is 1.86. The molecule has 0 spiro atoms. The summed E-state index contributed by atoms with van der Waals surface area (Å²) in [5, 5.41) is 8.01. The van der Waals surface area contributed by atoms with Gasteiger partial charge in [0.25, 0.3) is 0 Å². The lowest BCUT2D eigenvalue weighted by Crippen LogP contribution is -2.44. The molecular weight excluding hydrogens is 214 g/mol. The Morgan fingerprint density at radius 3 is 3.12 bits per heavy atom. The first kappa shape index (κ1) is 10.7. The number of aryl methyl sites for hydroxylation is 1. The minimum Gasteiger partial charge on any atom is -0.305 e. The van der Waals surface area contributed by atoms with Gasteiger partial charge in [0.15, 0.2) is 11.5 Å². The molecule has 1 saturated heterocycles. The number of hydrogen-bond acceptors (Lipinski definition) is 4. The highest BCUT2D eigenvalue weighted by atomic mass is 15.3. The number of aromatic nitrogens is 3. The minimum absolute atomic E-state index is 0.244. The quantitative estimate of drug-likeness (QED) is 0.781. The van der Waals surface area contributed by atoms with Gasteiger partial charge in [0.2, 0.25) is 0 Å². The minimum atomic E-state index is 0.244. The van der Waals surface area contributed by atoms with Crippen molar-refractivity contribution < 1.29 is 0 Å². The van der Waals surface area contributed by atoms with E-state index in [2.05, 4.69) is 40.3 Å². The highest BCUT2D eigenvalue weighted by molar-refractivity contribution is 5.38. The molecule has 1 aliphatic heterocycles. The van der Waals surface area contributed by atoms with Gasteiger partial charge in [-0.05, 0) is 25.6 Å². The van der Waals surface area contributed by atoms with E-state index in [9.17, 15) is 0 Å². The molecule has 1 atom stereocenters. The standard InChI is InChI=1S/C12H17N5/c1-9-3-4-11-14-12(15-17(11)7-9)10-8-16(2)6-5-13-10/h3-4,7,10,13H,5-6,8H2,1-2H3. The zero-order valence-electron chi connectivity index (χ0n) is 10.2. The van der Waals surface area contributed by atoms with Crippen molar-refractivity contribution in [2.24, 2.45) is 0 Å². The van der Waals surface area contributed by atoms with Gasteiger partial charge >= 0.3 is 0 Å². The summed E-state index contributed by atoms with van der Waals surface area (Å²) in [7, 11) is 2.13. The molecule has 2 aromatic rings. The number of piperazine rings is 1. The number of likely N-dealkylation sites (N-methyl/N-ethyl adjacent to an activating group) is 1. The van der Waals surface area contributed by atoms with Crippen LogP contribution in [0.4, 0.5) is 0 Å². The molecule has 0 aliphatic carbocycles. The largest absolute Gasteiger partial charge is 0.305 e. The molecule has 0 saturated carbocycles. The molecule has 0 aromatic carbocycles. The van der Waals surface area contributed by atoms with Crippen LogP contribution in [0.5, 0.6) is 0 Å². The Balaban J connectivity index is 1.94. The van der Waals surface area contributed by atoms with Crippen molar-refractivity contribution in [3.8, 4) is 0 Å². The van der Waals surface area contributed by atoms with Crippen LogP contribution in [0.2, 0.25) is 0 Å². The lowest BCUT2D eigenvalue weighted by molar-refractivity contribution is 0.235. The molecule has 0 bridgehead atoms. The number of nitrogens with one attached hydrogen (secondary N) is 1. The second-order valence-corrected chi connectivity index (χ2v) is 4.75. The molecule has 5 heteroatoms. The Morgan fingerprint density at radius 2 is 2.29 bits per heavy atom. The van der Waals surface area contributed by atoms with E-state index in [4.69, 9.17) is 0 Å². The van der Waals surface area contributed by atoms with Crippen LogP contribution in [-0.2, 0) is 0 Å². The highest BCUT2D eigenvalue weighted by Gasteiger charge is 2.21. The molecule has 0 radical (unpaired) electrons. The Morgan fingerprint density at radius 1 is 1.41 bits per heavy atom. The van der Waals surface area contributed by atoms with E-state index < -0.39 is 0 Å². The fourth-order valence-corrected chi connectivity index (χ4v) is 2.22. The monoisotopic (exact) mass is 231 g/mol. The van der Waals surface area contributed by atoms with Gasteiger partial charge in [0.05, 0.1) is 6.04 Å². The van der Waals surface area contributed by atoms with Gasteiger partial charge in [-0.1, -0.05) is 6.07 Å². The zero-order chi connectivity index (χ0) is 11.8. The van der Waals surface area contributed by atoms with Gasteiger partial charge in [-0.25, -0.2) is 9.50 Å². The second-order valence-electron chi connectivity index (χ2n) is 4.75. The number of fused-ring (bicyclic) bond motifs is 1. The van der Waals surface area contributed by atoms with E-state index in [1.807, 2.05) is 16.8 Å². The van der Waals surface area contributed by atoms with Crippen LogP contribution in [0, 0.1) is 6.92 Å². The molecule has 3 rings (SSSR count). The summed E-state index contributed by atoms with van der Waals surface area (Å²) in [6, 6.07) is 4.32. The molecule has 1 aliphatic rings. The smallest absolute Gasteiger partial charge is 0.169 e. The molecule has 1 fully saturated rings. The average Bonchev–Trinajstić information content (AvgIpc) is 2.72. The Labute approximate surface area is 100 Å².